The summed E-state index contributed by atoms with van der Waals surface area (Å²) in [5, 5.41) is 0. The number of ether oxygens (including phenoxy) is 1. The first kappa shape index (κ1) is 19.9. The molecule has 3 nitrogen and oxygen atoms in total. The fraction of sp³-hybridized carbons (Fsp3) is 0.632. The molecule has 0 saturated heterocycles. The van der Waals surface area contributed by atoms with E-state index in [1.807, 2.05) is 30.3 Å². The Morgan fingerprint density at radius 1 is 0.957 bits per heavy atom. The maximum absolute atomic E-state index is 12.3. The summed E-state index contributed by atoms with van der Waals surface area (Å²) in [5.41, 5.74) is 2.45. The molecule has 1 atom stereocenters. The second-order valence-corrected chi connectivity index (χ2v) is 12.6. The van der Waals surface area contributed by atoms with Crippen LogP contribution in [0.25, 0.3) is 0 Å². The summed E-state index contributed by atoms with van der Waals surface area (Å²) in [4.78, 5) is 12.3. The molecule has 1 rings (SSSR count). The Labute approximate surface area is 142 Å². The van der Waals surface area contributed by atoms with Gasteiger partial charge >= 0.3 is 5.97 Å². The largest absolute Gasteiger partial charge is 0.468 e. The van der Waals surface area contributed by atoms with Gasteiger partial charge in [-0.2, -0.15) is 0 Å². The van der Waals surface area contributed by atoms with E-state index in [0.717, 1.165) is 5.56 Å². The van der Waals surface area contributed by atoms with Crippen molar-refractivity contribution in [3.8, 4) is 0 Å². The van der Waals surface area contributed by atoms with E-state index in [4.69, 9.17) is 9.16 Å². The molecule has 23 heavy (non-hydrogen) atoms. The third-order valence-electron chi connectivity index (χ3n) is 4.89. The number of carbonyl (C=O) groups excluding carboxylic acids is 1. The predicted molar refractivity (Wildman–Crippen MR) is 98.2 cm³/mol. The van der Waals surface area contributed by atoms with E-state index in [-0.39, 0.29) is 11.9 Å². The highest BCUT2D eigenvalue weighted by atomic mass is 28.4. The van der Waals surface area contributed by atoms with Crippen LogP contribution in [0.2, 0.25) is 16.6 Å². The second kappa shape index (κ2) is 8.64. The Kier molecular flexibility index (Phi) is 7.48. The third-order valence-corrected chi connectivity index (χ3v) is 11.0. The van der Waals surface area contributed by atoms with Gasteiger partial charge in [-0.3, -0.25) is 4.79 Å². The van der Waals surface area contributed by atoms with Crippen molar-refractivity contribution in [1.82, 2.24) is 0 Å². The van der Waals surface area contributed by atoms with Crippen LogP contribution >= 0.6 is 0 Å². The lowest BCUT2D eigenvalue weighted by Gasteiger charge is -2.42. The van der Waals surface area contributed by atoms with Crippen molar-refractivity contribution in [3.05, 3.63) is 35.9 Å². The van der Waals surface area contributed by atoms with Gasteiger partial charge in [0.15, 0.2) is 8.32 Å². The SMILES string of the molecule is COC(=O)[C@@H](CO[Si](C(C)C)(C(C)C)C(C)C)c1ccccc1. The minimum atomic E-state index is -1.99. The fourth-order valence-corrected chi connectivity index (χ4v) is 9.31. The smallest absolute Gasteiger partial charge is 0.315 e. The Morgan fingerprint density at radius 2 is 1.43 bits per heavy atom. The van der Waals surface area contributed by atoms with Gasteiger partial charge in [-0.1, -0.05) is 71.9 Å². The normalized spacial score (nSPS) is 13.7. The summed E-state index contributed by atoms with van der Waals surface area (Å²) in [6, 6.07) is 9.78. The predicted octanol–water partition coefficient (Wildman–Crippen LogP) is 5.14. The van der Waals surface area contributed by atoms with Crippen LogP contribution in [0.4, 0.5) is 0 Å². The van der Waals surface area contributed by atoms with Crippen LogP contribution < -0.4 is 0 Å². The van der Waals surface area contributed by atoms with Crippen molar-refractivity contribution in [2.45, 2.75) is 64.1 Å². The molecule has 4 heteroatoms. The maximum Gasteiger partial charge on any atom is 0.315 e. The first-order chi connectivity index (χ1) is 10.8. The Hall–Kier alpha value is -1.13. The highest BCUT2D eigenvalue weighted by Crippen LogP contribution is 2.42. The lowest BCUT2D eigenvalue weighted by atomic mass is 10.0. The molecular formula is C19H32O3Si. The van der Waals surface area contributed by atoms with Crippen molar-refractivity contribution in [3.63, 3.8) is 0 Å². The molecule has 0 aliphatic rings. The van der Waals surface area contributed by atoms with Crippen LogP contribution in [0, 0.1) is 0 Å². The van der Waals surface area contributed by atoms with Crippen LogP contribution in [0.5, 0.6) is 0 Å². The zero-order valence-electron chi connectivity index (χ0n) is 15.6. The first-order valence-electron chi connectivity index (χ1n) is 8.54. The van der Waals surface area contributed by atoms with Gasteiger partial charge in [0, 0.05) is 0 Å². The zero-order chi connectivity index (χ0) is 17.6. The van der Waals surface area contributed by atoms with Crippen molar-refractivity contribution in [2.75, 3.05) is 13.7 Å². The van der Waals surface area contributed by atoms with Crippen molar-refractivity contribution in [2.24, 2.45) is 0 Å². The van der Waals surface area contributed by atoms with E-state index >= 15 is 0 Å². The van der Waals surface area contributed by atoms with Gasteiger partial charge in [0.05, 0.1) is 13.7 Å². The number of esters is 1. The van der Waals surface area contributed by atoms with Crippen molar-refractivity contribution in [1.29, 1.82) is 0 Å². The highest BCUT2D eigenvalue weighted by Gasteiger charge is 2.45. The van der Waals surface area contributed by atoms with Crippen molar-refractivity contribution >= 4 is 14.3 Å². The van der Waals surface area contributed by atoms with Gasteiger partial charge in [0.1, 0.15) is 5.92 Å². The minimum absolute atomic E-state index is 0.227. The molecule has 0 radical (unpaired) electrons. The first-order valence-corrected chi connectivity index (χ1v) is 10.7. The zero-order valence-corrected chi connectivity index (χ0v) is 16.6. The molecule has 0 spiro atoms. The molecule has 0 aromatic heterocycles. The molecule has 0 aliphatic heterocycles. The molecule has 0 heterocycles. The van der Waals surface area contributed by atoms with E-state index in [0.29, 0.717) is 23.2 Å². The summed E-state index contributed by atoms with van der Waals surface area (Å²) in [5.74, 6) is -0.584. The average molecular weight is 337 g/mol. The number of rotatable bonds is 8. The number of hydrogen-bond donors (Lipinski definition) is 0. The summed E-state index contributed by atoms with van der Waals surface area (Å²) in [6.07, 6.45) is 0. The van der Waals surface area contributed by atoms with E-state index in [9.17, 15) is 4.79 Å². The molecular weight excluding hydrogens is 304 g/mol. The third kappa shape index (κ3) is 4.45. The van der Waals surface area contributed by atoms with E-state index in [2.05, 4.69) is 41.5 Å². The summed E-state index contributed by atoms with van der Waals surface area (Å²) >= 11 is 0. The van der Waals surface area contributed by atoms with Crippen LogP contribution in [-0.4, -0.2) is 28.0 Å². The lowest BCUT2D eigenvalue weighted by molar-refractivity contribution is -0.143. The van der Waals surface area contributed by atoms with Crippen molar-refractivity contribution < 1.29 is 14.0 Å². The van der Waals surface area contributed by atoms with Crippen LogP contribution in [0.15, 0.2) is 30.3 Å². The molecule has 0 fully saturated rings. The molecule has 1 aromatic rings. The summed E-state index contributed by atoms with van der Waals surface area (Å²) in [7, 11) is -0.549. The molecule has 130 valence electrons. The quantitative estimate of drug-likeness (QED) is 0.487. The molecule has 0 saturated carbocycles. The number of hydrogen-bond acceptors (Lipinski definition) is 3. The van der Waals surface area contributed by atoms with Gasteiger partial charge in [-0.15, -0.1) is 0 Å². The minimum Gasteiger partial charge on any atom is -0.468 e. The lowest BCUT2D eigenvalue weighted by Crippen LogP contribution is -2.48. The molecule has 0 N–H and O–H groups in total. The molecule has 1 aromatic carbocycles. The van der Waals surface area contributed by atoms with Gasteiger partial charge in [-0.05, 0) is 22.2 Å². The van der Waals surface area contributed by atoms with Gasteiger partial charge < -0.3 is 9.16 Å². The van der Waals surface area contributed by atoms with Crippen LogP contribution in [0.1, 0.15) is 53.0 Å². The van der Waals surface area contributed by atoms with Gasteiger partial charge in [0.25, 0.3) is 0 Å². The number of carbonyl (C=O) groups is 1. The Balaban J connectivity index is 3.06. The monoisotopic (exact) mass is 336 g/mol. The second-order valence-electron chi connectivity index (χ2n) is 7.12. The van der Waals surface area contributed by atoms with E-state index < -0.39 is 8.32 Å². The summed E-state index contributed by atoms with van der Waals surface area (Å²) < 4.78 is 11.6. The average Bonchev–Trinajstić information content (AvgIpc) is 2.50. The fourth-order valence-electron chi connectivity index (χ4n) is 3.86. The molecule has 0 bridgehead atoms. The topological polar surface area (TPSA) is 35.5 Å². The maximum atomic E-state index is 12.3. The Morgan fingerprint density at radius 3 is 1.83 bits per heavy atom. The van der Waals surface area contributed by atoms with Crippen LogP contribution in [0.3, 0.4) is 0 Å². The van der Waals surface area contributed by atoms with E-state index in [1.165, 1.54) is 7.11 Å². The highest BCUT2D eigenvalue weighted by molar-refractivity contribution is 6.77. The van der Waals surface area contributed by atoms with Gasteiger partial charge in [0.2, 0.25) is 0 Å². The van der Waals surface area contributed by atoms with Gasteiger partial charge in [-0.25, -0.2) is 0 Å². The molecule has 0 unspecified atom stereocenters. The standard InChI is InChI=1S/C19H32O3Si/c1-14(2)23(15(3)4,16(5)6)22-13-18(19(20)21-7)17-11-9-8-10-12-17/h8-12,14-16,18H,13H2,1-7H3/t18-/m0/s1. The van der Waals surface area contributed by atoms with Crippen LogP contribution in [-0.2, 0) is 14.0 Å². The Bertz CT molecular complexity index is 461. The summed E-state index contributed by atoms with van der Waals surface area (Å²) in [6.45, 7) is 13.9. The molecule has 0 aliphatic carbocycles. The number of methoxy groups -OCH3 is 1. The molecule has 0 amide bonds. The van der Waals surface area contributed by atoms with E-state index in [1.54, 1.807) is 0 Å². The number of benzene rings is 1.